The Morgan fingerprint density at radius 2 is 1.81 bits per heavy atom. The van der Waals surface area contributed by atoms with Crippen LogP contribution in [-0.2, 0) is 0 Å². The molecule has 0 bridgehead atoms. The summed E-state index contributed by atoms with van der Waals surface area (Å²) in [6, 6.07) is 1.87. The number of nitrogens with zero attached hydrogens (tertiary/aromatic N) is 1. The minimum absolute atomic E-state index is 0.424. The Hall–Kier alpha value is -2.15. The molecule has 0 atom stereocenters. The van der Waals surface area contributed by atoms with Crippen molar-refractivity contribution < 1.29 is 24.7 Å². The van der Waals surface area contributed by atoms with Crippen molar-refractivity contribution in [3.8, 4) is 0 Å². The molecule has 1 rings (SSSR count). The highest BCUT2D eigenvalue weighted by Crippen LogP contribution is 2.31. The van der Waals surface area contributed by atoms with E-state index >= 15 is 0 Å². The van der Waals surface area contributed by atoms with Crippen LogP contribution in [0, 0.1) is 10.1 Å². The first-order valence-electron chi connectivity index (χ1n) is 3.79. The average molecular weight is 246 g/mol. The van der Waals surface area contributed by atoms with Gasteiger partial charge in [0, 0.05) is 0 Å². The number of carbonyl (C=O) groups is 2. The van der Waals surface area contributed by atoms with Gasteiger partial charge in [-0.05, 0) is 12.1 Å². The molecule has 0 amide bonds. The lowest BCUT2D eigenvalue weighted by Gasteiger charge is -2.03. The minimum Gasteiger partial charge on any atom is -0.478 e. The smallest absolute Gasteiger partial charge is 0.343 e. The summed E-state index contributed by atoms with van der Waals surface area (Å²) in [5, 5.41) is 27.6. The number of carboxylic acids is 2. The van der Waals surface area contributed by atoms with Crippen molar-refractivity contribution in [1.82, 2.24) is 0 Å². The fourth-order valence-corrected chi connectivity index (χ4v) is 1.37. The van der Waals surface area contributed by atoms with Gasteiger partial charge in [0.05, 0.1) is 10.5 Å². The Bertz CT molecular complexity index is 498. The van der Waals surface area contributed by atoms with Crippen LogP contribution in [-0.4, -0.2) is 27.1 Å². The molecule has 0 aromatic heterocycles. The molecule has 2 N–H and O–H groups in total. The van der Waals surface area contributed by atoms with E-state index in [0.717, 1.165) is 12.1 Å². The Balaban J connectivity index is 3.70. The summed E-state index contributed by atoms with van der Waals surface area (Å²) >= 11 is 5.45. The molecule has 0 heterocycles. The predicted octanol–water partition coefficient (Wildman–Crippen LogP) is 1.64. The molecule has 0 saturated heterocycles. The van der Waals surface area contributed by atoms with Gasteiger partial charge in [-0.1, -0.05) is 11.6 Å². The number of carboxylic acid groups (broad SMARTS) is 2. The van der Waals surface area contributed by atoms with E-state index in [-0.39, 0.29) is 0 Å². The van der Waals surface area contributed by atoms with Crippen molar-refractivity contribution in [2.75, 3.05) is 0 Å². The standard InChI is InChI=1S/C8H4ClNO6/c9-4-2-1-3(7(11)12)5(8(13)14)6(4)10(15)16/h1-2H,(H,11,12)(H,13,14). The number of aromatic carboxylic acids is 2. The molecular formula is C8H4ClNO6. The van der Waals surface area contributed by atoms with Crippen LogP contribution < -0.4 is 0 Å². The molecule has 0 radical (unpaired) electrons. The van der Waals surface area contributed by atoms with E-state index in [9.17, 15) is 19.7 Å². The molecule has 1 aromatic rings. The topological polar surface area (TPSA) is 118 Å². The maximum absolute atomic E-state index is 10.8. The molecule has 7 nitrogen and oxygen atoms in total. The maximum Gasteiger partial charge on any atom is 0.343 e. The summed E-state index contributed by atoms with van der Waals surface area (Å²) in [6.07, 6.45) is 0. The first-order chi connectivity index (χ1) is 7.36. The van der Waals surface area contributed by atoms with Crippen LogP contribution in [0.15, 0.2) is 12.1 Å². The zero-order valence-electron chi connectivity index (χ0n) is 7.51. The molecule has 0 saturated carbocycles. The number of halogens is 1. The van der Waals surface area contributed by atoms with Gasteiger partial charge in [-0.15, -0.1) is 0 Å². The molecule has 16 heavy (non-hydrogen) atoms. The van der Waals surface area contributed by atoms with Gasteiger partial charge in [0.15, 0.2) is 5.56 Å². The zero-order valence-corrected chi connectivity index (χ0v) is 8.26. The van der Waals surface area contributed by atoms with Gasteiger partial charge in [-0.25, -0.2) is 9.59 Å². The SMILES string of the molecule is O=C(O)c1ccc(Cl)c([N+](=O)[O-])c1C(=O)O. The second-order valence-corrected chi connectivity index (χ2v) is 3.09. The number of benzene rings is 1. The number of nitro groups is 1. The Morgan fingerprint density at radius 3 is 2.19 bits per heavy atom. The number of hydrogen-bond donors (Lipinski definition) is 2. The van der Waals surface area contributed by atoms with Crippen LogP contribution in [0.25, 0.3) is 0 Å². The van der Waals surface area contributed by atoms with Crippen molar-refractivity contribution in [2.24, 2.45) is 0 Å². The van der Waals surface area contributed by atoms with E-state index in [1.54, 1.807) is 0 Å². The van der Waals surface area contributed by atoms with Crippen LogP contribution in [0.4, 0.5) is 5.69 Å². The fourth-order valence-electron chi connectivity index (χ4n) is 1.14. The van der Waals surface area contributed by atoms with Gasteiger partial charge in [0.2, 0.25) is 0 Å². The highest BCUT2D eigenvalue weighted by atomic mass is 35.5. The minimum atomic E-state index is -1.72. The van der Waals surface area contributed by atoms with Crippen LogP contribution >= 0.6 is 11.6 Å². The van der Waals surface area contributed by atoms with E-state index in [1.165, 1.54) is 0 Å². The third kappa shape index (κ3) is 1.94. The lowest BCUT2D eigenvalue weighted by atomic mass is 10.1. The van der Waals surface area contributed by atoms with Gasteiger partial charge in [0.25, 0.3) is 0 Å². The van der Waals surface area contributed by atoms with Crippen LogP contribution in [0.5, 0.6) is 0 Å². The maximum atomic E-state index is 10.8. The van der Waals surface area contributed by atoms with Gasteiger partial charge < -0.3 is 10.2 Å². The highest BCUT2D eigenvalue weighted by Gasteiger charge is 2.29. The van der Waals surface area contributed by atoms with E-state index in [1.807, 2.05) is 0 Å². The number of hydrogen-bond acceptors (Lipinski definition) is 4. The summed E-state index contributed by atoms with van der Waals surface area (Å²) in [5.74, 6) is -3.29. The lowest BCUT2D eigenvalue weighted by Crippen LogP contribution is -2.11. The molecule has 1 aromatic carbocycles. The molecule has 0 aliphatic heterocycles. The molecule has 0 unspecified atom stereocenters. The quantitative estimate of drug-likeness (QED) is 0.617. The van der Waals surface area contributed by atoms with Crippen molar-refractivity contribution >= 4 is 29.2 Å². The molecule has 84 valence electrons. The van der Waals surface area contributed by atoms with E-state index in [4.69, 9.17) is 21.8 Å². The predicted molar refractivity (Wildman–Crippen MR) is 52.0 cm³/mol. The summed E-state index contributed by atoms with van der Waals surface area (Å²) < 4.78 is 0. The summed E-state index contributed by atoms with van der Waals surface area (Å²) in [6.45, 7) is 0. The van der Waals surface area contributed by atoms with Gasteiger partial charge in [-0.2, -0.15) is 0 Å². The summed E-state index contributed by atoms with van der Waals surface area (Å²) in [5.41, 5.74) is -2.53. The largest absolute Gasteiger partial charge is 0.478 e. The molecule has 0 aliphatic carbocycles. The van der Waals surface area contributed by atoms with Crippen molar-refractivity contribution in [3.05, 3.63) is 38.4 Å². The number of nitro benzene ring substituents is 1. The van der Waals surface area contributed by atoms with Crippen molar-refractivity contribution in [3.63, 3.8) is 0 Å². The van der Waals surface area contributed by atoms with Crippen LogP contribution in [0.1, 0.15) is 20.7 Å². The van der Waals surface area contributed by atoms with E-state index in [2.05, 4.69) is 0 Å². The summed E-state index contributed by atoms with van der Waals surface area (Å²) in [7, 11) is 0. The first-order valence-corrected chi connectivity index (χ1v) is 4.17. The lowest BCUT2D eigenvalue weighted by molar-refractivity contribution is -0.385. The molecule has 8 heteroatoms. The molecule has 0 aliphatic rings. The zero-order chi connectivity index (χ0) is 12.5. The Morgan fingerprint density at radius 1 is 1.25 bits per heavy atom. The van der Waals surface area contributed by atoms with Crippen LogP contribution in [0.2, 0.25) is 5.02 Å². The highest BCUT2D eigenvalue weighted by molar-refractivity contribution is 6.33. The normalized spacial score (nSPS) is 9.81. The second-order valence-electron chi connectivity index (χ2n) is 2.69. The van der Waals surface area contributed by atoms with Crippen molar-refractivity contribution in [1.29, 1.82) is 0 Å². The van der Waals surface area contributed by atoms with E-state index < -0.39 is 38.7 Å². The van der Waals surface area contributed by atoms with Crippen molar-refractivity contribution in [2.45, 2.75) is 0 Å². The first kappa shape index (κ1) is 11.9. The second kappa shape index (κ2) is 4.15. The van der Waals surface area contributed by atoms with E-state index in [0.29, 0.717) is 0 Å². The monoisotopic (exact) mass is 245 g/mol. The summed E-state index contributed by atoms with van der Waals surface area (Å²) in [4.78, 5) is 31.0. The third-order valence-electron chi connectivity index (χ3n) is 1.76. The fraction of sp³-hybridized carbons (Fsp3) is 0. The Labute approximate surface area is 93.0 Å². The van der Waals surface area contributed by atoms with Gasteiger partial charge >= 0.3 is 17.6 Å². The average Bonchev–Trinajstić information content (AvgIpc) is 2.15. The third-order valence-corrected chi connectivity index (χ3v) is 2.06. The molecular weight excluding hydrogens is 242 g/mol. The van der Waals surface area contributed by atoms with Crippen LogP contribution in [0.3, 0.4) is 0 Å². The Kier molecular flexibility index (Phi) is 3.09. The molecule has 0 fully saturated rings. The van der Waals surface area contributed by atoms with Gasteiger partial charge in [-0.3, -0.25) is 10.1 Å². The molecule has 0 spiro atoms. The number of rotatable bonds is 3. The van der Waals surface area contributed by atoms with Gasteiger partial charge in [0.1, 0.15) is 5.02 Å².